The van der Waals surface area contributed by atoms with Crippen molar-refractivity contribution in [3.05, 3.63) is 0 Å². The molecule has 1 aliphatic rings. The molecule has 1 rings (SSSR count). The van der Waals surface area contributed by atoms with Crippen LogP contribution in [0.1, 0.15) is 39.5 Å². The summed E-state index contributed by atoms with van der Waals surface area (Å²) in [4.78, 5) is 26.1. The number of carboxylic acid groups (broad SMARTS) is 1. The third kappa shape index (κ3) is 5.06. The number of carboxylic acids is 1. The lowest BCUT2D eigenvalue weighted by molar-refractivity contribution is -0.137. The van der Waals surface area contributed by atoms with Gasteiger partial charge in [-0.25, -0.2) is 4.79 Å². The largest absolute Gasteiger partial charge is 0.480 e. The van der Waals surface area contributed by atoms with Crippen molar-refractivity contribution in [2.75, 3.05) is 26.2 Å². The van der Waals surface area contributed by atoms with E-state index in [0.717, 1.165) is 12.8 Å². The molecule has 2 N–H and O–H groups in total. The van der Waals surface area contributed by atoms with E-state index in [1.54, 1.807) is 11.8 Å². The molecule has 6 heteroatoms. The summed E-state index contributed by atoms with van der Waals surface area (Å²) in [5, 5.41) is 18.8. The monoisotopic (exact) mass is 272 g/mol. The van der Waals surface area contributed by atoms with Gasteiger partial charge in [-0.2, -0.15) is 0 Å². The smallest absolute Gasteiger partial charge is 0.323 e. The van der Waals surface area contributed by atoms with Gasteiger partial charge in [0.2, 0.25) is 0 Å². The van der Waals surface area contributed by atoms with Gasteiger partial charge in [0.15, 0.2) is 0 Å². The second-order valence-corrected chi connectivity index (χ2v) is 5.44. The summed E-state index contributed by atoms with van der Waals surface area (Å²) in [5.74, 6) is -0.997. The highest BCUT2D eigenvalue weighted by Gasteiger charge is 2.29. The average Bonchev–Trinajstić information content (AvgIpc) is 2.48. The molecule has 0 aromatic heterocycles. The first-order chi connectivity index (χ1) is 8.85. The lowest BCUT2D eigenvalue weighted by Gasteiger charge is -2.29. The number of hydrogen-bond donors (Lipinski definition) is 2. The molecular weight excluding hydrogens is 248 g/mol. The first kappa shape index (κ1) is 15.8. The third-order valence-electron chi connectivity index (χ3n) is 3.42. The summed E-state index contributed by atoms with van der Waals surface area (Å²) >= 11 is 0. The van der Waals surface area contributed by atoms with Crippen LogP contribution in [0.4, 0.5) is 4.79 Å². The zero-order valence-corrected chi connectivity index (χ0v) is 11.8. The lowest BCUT2D eigenvalue weighted by atomic mass is 9.98. The normalized spacial score (nSPS) is 23.8. The van der Waals surface area contributed by atoms with Crippen LogP contribution in [0.3, 0.4) is 0 Å². The maximum atomic E-state index is 12.3. The Labute approximate surface area is 114 Å². The van der Waals surface area contributed by atoms with Crippen LogP contribution in [0.15, 0.2) is 0 Å². The minimum absolute atomic E-state index is 0.234. The molecule has 1 fully saturated rings. The highest BCUT2D eigenvalue weighted by Crippen LogP contribution is 2.22. The molecule has 0 spiro atoms. The van der Waals surface area contributed by atoms with Crippen molar-refractivity contribution in [3.8, 4) is 0 Å². The van der Waals surface area contributed by atoms with Crippen LogP contribution in [-0.2, 0) is 4.79 Å². The van der Waals surface area contributed by atoms with Crippen molar-refractivity contribution >= 4 is 12.0 Å². The van der Waals surface area contributed by atoms with Crippen LogP contribution >= 0.6 is 0 Å². The Morgan fingerprint density at radius 2 is 2.00 bits per heavy atom. The standard InChI is InChI=1S/C13H24N2O4/c1-3-7-15(10-11(16)17)12(18)14-8-4-5-13(2,19)6-9-14/h19H,3-10H2,1-2H3,(H,16,17). The van der Waals surface area contributed by atoms with E-state index in [1.165, 1.54) is 4.90 Å². The summed E-state index contributed by atoms with van der Waals surface area (Å²) in [5.41, 5.74) is -0.725. The quantitative estimate of drug-likeness (QED) is 0.804. The Morgan fingerprint density at radius 1 is 1.32 bits per heavy atom. The van der Waals surface area contributed by atoms with E-state index >= 15 is 0 Å². The van der Waals surface area contributed by atoms with Crippen LogP contribution in [-0.4, -0.2) is 63.8 Å². The number of rotatable bonds is 4. The topological polar surface area (TPSA) is 81.1 Å². The van der Waals surface area contributed by atoms with Gasteiger partial charge in [-0.1, -0.05) is 6.92 Å². The van der Waals surface area contributed by atoms with Crippen molar-refractivity contribution in [1.29, 1.82) is 0 Å². The Bertz CT molecular complexity index is 331. The number of urea groups is 1. The average molecular weight is 272 g/mol. The molecule has 1 aliphatic heterocycles. The van der Waals surface area contributed by atoms with Gasteiger partial charge in [-0.15, -0.1) is 0 Å². The fourth-order valence-corrected chi connectivity index (χ4v) is 2.33. The molecule has 110 valence electrons. The highest BCUT2D eigenvalue weighted by atomic mass is 16.4. The second kappa shape index (κ2) is 6.75. The molecule has 6 nitrogen and oxygen atoms in total. The third-order valence-corrected chi connectivity index (χ3v) is 3.42. The minimum atomic E-state index is -0.997. The Balaban J connectivity index is 2.65. The number of nitrogens with zero attached hydrogens (tertiary/aromatic N) is 2. The number of likely N-dealkylation sites (tertiary alicyclic amines) is 1. The van der Waals surface area contributed by atoms with E-state index in [-0.39, 0.29) is 12.6 Å². The summed E-state index contributed by atoms with van der Waals surface area (Å²) in [6.45, 7) is 4.93. The van der Waals surface area contributed by atoms with Crippen LogP contribution in [0.2, 0.25) is 0 Å². The van der Waals surface area contributed by atoms with Gasteiger partial charge in [0.1, 0.15) is 6.54 Å². The predicted molar refractivity (Wildman–Crippen MR) is 70.9 cm³/mol. The van der Waals surface area contributed by atoms with Gasteiger partial charge >= 0.3 is 12.0 Å². The van der Waals surface area contributed by atoms with Crippen LogP contribution in [0.5, 0.6) is 0 Å². The molecule has 0 saturated carbocycles. The lowest BCUT2D eigenvalue weighted by Crippen LogP contribution is -2.46. The molecule has 0 aliphatic carbocycles. The molecular formula is C13H24N2O4. The first-order valence-electron chi connectivity index (χ1n) is 6.84. The molecule has 0 radical (unpaired) electrons. The van der Waals surface area contributed by atoms with Gasteiger partial charge in [-0.3, -0.25) is 4.79 Å². The SMILES string of the molecule is CCCN(CC(=O)O)C(=O)N1CCCC(C)(O)CC1. The van der Waals surface area contributed by atoms with Gasteiger partial charge in [0.05, 0.1) is 5.60 Å². The van der Waals surface area contributed by atoms with Gasteiger partial charge in [0, 0.05) is 19.6 Å². The van der Waals surface area contributed by atoms with E-state index in [1.807, 2.05) is 6.92 Å². The van der Waals surface area contributed by atoms with E-state index in [0.29, 0.717) is 32.5 Å². The Morgan fingerprint density at radius 3 is 2.58 bits per heavy atom. The Hall–Kier alpha value is -1.30. The number of aliphatic carboxylic acids is 1. The van der Waals surface area contributed by atoms with Crippen molar-refractivity contribution in [1.82, 2.24) is 9.80 Å². The minimum Gasteiger partial charge on any atom is -0.480 e. The van der Waals surface area contributed by atoms with E-state index in [2.05, 4.69) is 0 Å². The van der Waals surface area contributed by atoms with Crippen molar-refractivity contribution in [2.24, 2.45) is 0 Å². The van der Waals surface area contributed by atoms with Gasteiger partial charge < -0.3 is 20.0 Å². The Kier molecular flexibility index (Phi) is 5.60. The maximum Gasteiger partial charge on any atom is 0.323 e. The molecule has 0 bridgehead atoms. The zero-order chi connectivity index (χ0) is 14.5. The highest BCUT2D eigenvalue weighted by molar-refractivity contribution is 5.80. The molecule has 1 unspecified atom stereocenters. The summed E-state index contributed by atoms with van der Waals surface area (Å²) < 4.78 is 0. The molecule has 0 aromatic rings. The van der Waals surface area contributed by atoms with Crippen LogP contribution < -0.4 is 0 Å². The summed E-state index contributed by atoms with van der Waals surface area (Å²) in [6.07, 6.45) is 2.67. The summed E-state index contributed by atoms with van der Waals surface area (Å²) in [6, 6.07) is -0.234. The fraction of sp³-hybridized carbons (Fsp3) is 0.846. The molecule has 0 aromatic carbocycles. The van der Waals surface area contributed by atoms with Crippen molar-refractivity contribution < 1.29 is 19.8 Å². The number of amides is 2. The van der Waals surface area contributed by atoms with E-state index in [4.69, 9.17) is 5.11 Å². The summed E-state index contributed by atoms with van der Waals surface area (Å²) in [7, 11) is 0. The number of aliphatic hydroxyl groups is 1. The predicted octanol–water partition coefficient (Wildman–Crippen LogP) is 1.14. The first-order valence-corrected chi connectivity index (χ1v) is 6.84. The number of carbonyl (C=O) groups excluding carboxylic acids is 1. The van der Waals surface area contributed by atoms with Crippen molar-refractivity contribution in [3.63, 3.8) is 0 Å². The number of carbonyl (C=O) groups is 2. The number of hydrogen-bond acceptors (Lipinski definition) is 3. The molecule has 19 heavy (non-hydrogen) atoms. The molecule has 1 atom stereocenters. The fourth-order valence-electron chi connectivity index (χ4n) is 2.33. The van der Waals surface area contributed by atoms with Crippen molar-refractivity contribution in [2.45, 2.75) is 45.1 Å². The second-order valence-electron chi connectivity index (χ2n) is 5.44. The van der Waals surface area contributed by atoms with Crippen LogP contribution in [0.25, 0.3) is 0 Å². The van der Waals surface area contributed by atoms with E-state index < -0.39 is 11.6 Å². The van der Waals surface area contributed by atoms with Crippen LogP contribution in [0, 0.1) is 0 Å². The zero-order valence-electron chi connectivity index (χ0n) is 11.8. The van der Waals surface area contributed by atoms with Gasteiger partial charge in [0.25, 0.3) is 0 Å². The van der Waals surface area contributed by atoms with E-state index in [9.17, 15) is 14.7 Å². The molecule has 1 heterocycles. The maximum absolute atomic E-state index is 12.3. The van der Waals surface area contributed by atoms with Gasteiger partial charge in [-0.05, 0) is 32.6 Å². The molecule has 1 saturated heterocycles. The molecule has 2 amide bonds.